The van der Waals surface area contributed by atoms with Gasteiger partial charge in [0.2, 0.25) is 0 Å². The van der Waals surface area contributed by atoms with E-state index in [1.165, 1.54) is 5.56 Å². The lowest BCUT2D eigenvalue weighted by Gasteiger charge is -2.04. The maximum atomic E-state index is 8.98. The molecule has 0 aromatic heterocycles. The van der Waals surface area contributed by atoms with E-state index in [9.17, 15) is 0 Å². The van der Waals surface area contributed by atoms with Crippen LogP contribution < -0.4 is 5.46 Å². The van der Waals surface area contributed by atoms with Gasteiger partial charge in [-0.15, -0.1) is 0 Å². The van der Waals surface area contributed by atoms with E-state index in [1.54, 1.807) is 12.1 Å². The van der Waals surface area contributed by atoms with Crippen molar-refractivity contribution in [3.8, 4) is 11.1 Å². The van der Waals surface area contributed by atoms with Crippen LogP contribution in [0.5, 0.6) is 0 Å². The summed E-state index contributed by atoms with van der Waals surface area (Å²) < 4.78 is 0. The molecule has 0 saturated heterocycles. The fourth-order valence-electron chi connectivity index (χ4n) is 1.59. The first kappa shape index (κ1) is 18.4. The molecule has 2 rings (SSSR count). The largest absolute Gasteiger partial charge is 0.488 e. The Morgan fingerprint density at radius 1 is 0.650 bits per heavy atom. The van der Waals surface area contributed by atoms with Crippen LogP contribution in [-0.2, 0) is 0 Å². The molecule has 0 radical (unpaired) electrons. The van der Waals surface area contributed by atoms with Crippen LogP contribution in [-0.4, -0.2) is 17.2 Å². The molecule has 20 heavy (non-hydrogen) atoms. The van der Waals surface area contributed by atoms with Crippen LogP contribution in [0.25, 0.3) is 11.1 Å². The number of rotatable bonds is 2. The SMILES string of the molecule is CC.CC.Cc1ccc(-c2ccc(B(O)O)cc2)cc1. The highest BCUT2D eigenvalue weighted by atomic mass is 16.4. The van der Waals surface area contributed by atoms with Gasteiger partial charge in [0.15, 0.2) is 0 Å². The highest BCUT2D eigenvalue weighted by molar-refractivity contribution is 6.58. The van der Waals surface area contributed by atoms with Gasteiger partial charge in [0, 0.05) is 0 Å². The zero-order valence-electron chi connectivity index (χ0n) is 13.1. The minimum atomic E-state index is -1.40. The van der Waals surface area contributed by atoms with Crippen molar-refractivity contribution in [2.24, 2.45) is 0 Å². The molecule has 0 heterocycles. The number of benzene rings is 2. The fourth-order valence-corrected chi connectivity index (χ4v) is 1.59. The van der Waals surface area contributed by atoms with Gasteiger partial charge < -0.3 is 10.0 Å². The van der Waals surface area contributed by atoms with Crippen molar-refractivity contribution in [3.05, 3.63) is 54.1 Å². The molecule has 0 spiro atoms. The van der Waals surface area contributed by atoms with E-state index in [2.05, 4.69) is 31.2 Å². The molecule has 108 valence electrons. The Hall–Kier alpha value is -1.58. The third kappa shape index (κ3) is 5.60. The third-order valence-electron chi connectivity index (χ3n) is 2.59. The van der Waals surface area contributed by atoms with Crippen LogP contribution in [0.4, 0.5) is 0 Å². The molecule has 0 bridgehead atoms. The molecule has 3 heteroatoms. The predicted molar refractivity (Wildman–Crippen MR) is 89.1 cm³/mol. The van der Waals surface area contributed by atoms with Crippen molar-refractivity contribution in [1.29, 1.82) is 0 Å². The van der Waals surface area contributed by atoms with Crippen molar-refractivity contribution in [1.82, 2.24) is 0 Å². The summed E-state index contributed by atoms with van der Waals surface area (Å²) in [5.74, 6) is 0. The van der Waals surface area contributed by atoms with Crippen LogP contribution >= 0.6 is 0 Å². The molecule has 0 saturated carbocycles. The minimum absolute atomic E-state index is 0.510. The van der Waals surface area contributed by atoms with E-state index >= 15 is 0 Å². The van der Waals surface area contributed by atoms with Crippen molar-refractivity contribution in [2.45, 2.75) is 34.6 Å². The summed E-state index contributed by atoms with van der Waals surface area (Å²) in [7, 11) is -1.40. The van der Waals surface area contributed by atoms with E-state index in [0.29, 0.717) is 5.46 Å². The van der Waals surface area contributed by atoms with Gasteiger partial charge in [-0.3, -0.25) is 0 Å². The molecule has 0 unspecified atom stereocenters. The van der Waals surface area contributed by atoms with E-state index in [1.807, 2.05) is 39.8 Å². The molecule has 0 atom stereocenters. The Labute approximate surface area is 123 Å². The third-order valence-corrected chi connectivity index (χ3v) is 2.59. The summed E-state index contributed by atoms with van der Waals surface area (Å²) in [6, 6.07) is 15.5. The Kier molecular flexibility index (Phi) is 9.43. The van der Waals surface area contributed by atoms with Gasteiger partial charge in [-0.05, 0) is 23.5 Å². The molecule has 2 aromatic carbocycles. The van der Waals surface area contributed by atoms with E-state index in [0.717, 1.165) is 11.1 Å². The predicted octanol–water partition coefficient (Wildman–Crippen LogP) is 3.39. The van der Waals surface area contributed by atoms with Crippen LogP contribution in [0.2, 0.25) is 0 Å². The Morgan fingerprint density at radius 3 is 1.35 bits per heavy atom. The maximum absolute atomic E-state index is 8.98. The molecule has 0 fully saturated rings. The lowest BCUT2D eigenvalue weighted by atomic mass is 9.80. The Balaban J connectivity index is 0.000000829. The average Bonchev–Trinajstić information content (AvgIpc) is 2.52. The zero-order chi connectivity index (χ0) is 15.5. The molecule has 2 N–H and O–H groups in total. The molecule has 0 amide bonds. The standard InChI is InChI=1S/C13H13BO2.2C2H6/c1-10-2-4-11(5-3-10)12-6-8-13(9-7-12)14(15)16;2*1-2/h2-9,15-16H,1H3;2*1-2H3. The lowest BCUT2D eigenvalue weighted by molar-refractivity contribution is 0.426. The van der Waals surface area contributed by atoms with Gasteiger partial charge in [0.1, 0.15) is 0 Å². The van der Waals surface area contributed by atoms with Gasteiger partial charge in [0.05, 0.1) is 0 Å². The van der Waals surface area contributed by atoms with Gasteiger partial charge >= 0.3 is 7.12 Å². The summed E-state index contributed by atoms with van der Waals surface area (Å²) in [5, 5.41) is 18.0. The quantitative estimate of drug-likeness (QED) is 0.823. The van der Waals surface area contributed by atoms with Gasteiger partial charge in [-0.1, -0.05) is 81.8 Å². The first-order valence-electron chi connectivity index (χ1n) is 7.20. The summed E-state index contributed by atoms with van der Waals surface area (Å²) in [5.41, 5.74) is 3.94. The highest BCUT2D eigenvalue weighted by Gasteiger charge is 2.09. The molecule has 2 nitrogen and oxygen atoms in total. The van der Waals surface area contributed by atoms with Crippen molar-refractivity contribution < 1.29 is 10.0 Å². The van der Waals surface area contributed by atoms with E-state index in [-0.39, 0.29) is 0 Å². The molecular formula is C17H25BO2. The zero-order valence-corrected chi connectivity index (χ0v) is 13.1. The Bertz CT molecular complexity index is 461. The van der Waals surface area contributed by atoms with Gasteiger partial charge in [-0.2, -0.15) is 0 Å². The fraction of sp³-hybridized carbons (Fsp3) is 0.294. The normalized spacial score (nSPS) is 8.75. The van der Waals surface area contributed by atoms with Crippen molar-refractivity contribution in [2.75, 3.05) is 0 Å². The highest BCUT2D eigenvalue weighted by Crippen LogP contribution is 2.18. The summed E-state index contributed by atoms with van der Waals surface area (Å²) in [6.45, 7) is 10.1. The molecule has 0 aliphatic rings. The van der Waals surface area contributed by atoms with Crippen LogP contribution in [0.1, 0.15) is 33.3 Å². The Morgan fingerprint density at radius 2 is 1.00 bits per heavy atom. The van der Waals surface area contributed by atoms with Crippen LogP contribution in [0.3, 0.4) is 0 Å². The second kappa shape index (κ2) is 10.2. The smallest absolute Gasteiger partial charge is 0.423 e. The topological polar surface area (TPSA) is 40.5 Å². The molecule has 2 aromatic rings. The second-order valence-corrected chi connectivity index (χ2v) is 3.86. The van der Waals surface area contributed by atoms with Gasteiger partial charge in [0.25, 0.3) is 0 Å². The van der Waals surface area contributed by atoms with Gasteiger partial charge in [-0.25, -0.2) is 0 Å². The molecule has 0 aliphatic heterocycles. The molecule has 0 aliphatic carbocycles. The first-order chi connectivity index (χ1) is 9.66. The first-order valence-corrected chi connectivity index (χ1v) is 7.20. The van der Waals surface area contributed by atoms with Crippen LogP contribution in [0.15, 0.2) is 48.5 Å². The monoisotopic (exact) mass is 272 g/mol. The summed E-state index contributed by atoms with van der Waals surface area (Å²) in [4.78, 5) is 0. The maximum Gasteiger partial charge on any atom is 0.488 e. The minimum Gasteiger partial charge on any atom is -0.423 e. The average molecular weight is 272 g/mol. The van der Waals surface area contributed by atoms with E-state index < -0.39 is 7.12 Å². The van der Waals surface area contributed by atoms with Crippen molar-refractivity contribution >= 4 is 12.6 Å². The second-order valence-electron chi connectivity index (χ2n) is 3.86. The number of hydrogen-bond acceptors (Lipinski definition) is 2. The van der Waals surface area contributed by atoms with Crippen molar-refractivity contribution in [3.63, 3.8) is 0 Å². The summed E-state index contributed by atoms with van der Waals surface area (Å²) >= 11 is 0. The number of aryl methyl sites for hydroxylation is 1. The van der Waals surface area contributed by atoms with E-state index in [4.69, 9.17) is 10.0 Å². The van der Waals surface area contributed by atoms with Crippen LogP contribution in [0, 0.1) is 6.92 Å². The lowest BCUT2D eigenvalue weighted by Crippen LogP contribution is -2.29. The summed E-state index contributed by atoms with van der Waals surface area (Å²) in [6.07, 6.45) is 0. The number of hydrogen-bond donors (Lipinski definition) is 2. The molecular weight excluding hydrogens is 247 g/mol.